The maximum absolute atomic E-state index is 4.63. The predicted octanol–water partition coefficient (Wildman–Crippen LogP) is 2.97. The molecule has 108 valence electrons. The fourth-order valence-electron chi connectivity index (χ4n) is 2.36. The van der Waals surface area contributed by atoms with Gasteiger partial charge in [0, 0.05) is 24.0 Å². The minimum Gasteiger partial charge on any atom is -0.354 e. The number of rotatable bonds is 5. The molecule has 2 heterocycles. The summed E-state index contributed by atoms with van der Waals surface area (Å²) in [7, 11) is 0. The second kappa shape index (κ2) is 6.03. The highest BCUT2D eigenvalue weighted by molar-refractivity contribution is 5.40. The summed E-state index contributed by atoms with van der Waals surface area (Å²) in [5.74, 6) is 1.52. The van der Waals surface area contributed by atoms with Crippen molar-refractivity contribution in [3.8, 4) is 5.82 Å². The molecule has 1 N–H and O–H groups in total. The number of nitrogens with one attached hydrogen (secondary N) is 1. The molecule has 0 aliphatic heterocycles. The molecule has 0 radical (unpaired) electrons. The van der Waals surface area contributed by atoms with Crippen molar-refractivity contribution < 1.29 is 0 Å². The van der Waals surface area contributed by atoms with Crippen LogP contribution in [0.4, 0.5) is 5.95 Å². The van der Waals surface area contributed by atoms with E-state index in [1.54, 1.807) is 0 Å². The van der Waals surface area contributed by atoms with E-state index < -0.39 is 0 Å². The Kier molecular flexibility index (Phi) is 4.37. The second-order valence-corrected chi connectivity index (χ2v) is 5.04. The summed E-state index contributed by atoms with van der Waals surface area (Å²) in [6.07, 6.45) is 3.89. The minimum atomic E-state index is 0.665. The number of nitrogens with zero attached hydrogens (tertiary/aromatic N) is 4. The van der Waals surface area contributed by atoms with E-state index in [2.05, 4.69) is 48.1 Å². The summed E-state index contributed by atoms with van der Waals surface area (Å²) in [5, 5.41) is 7.86. The summed E-state index contributed by atoms with van der Waals surface area (Å²) in [6, 6.07) is 0. The Bertz CT molecular complexity index is 601. The van der Waals surface area contributed by atoms with Gasteiger partial charge in [-0.1, -0.05) is 13.8 Å². The van der Waals surface area contributed by atoms with Gasteiger partial charge in [0.2, 0.25) is 5.95 Å². The average molecular weight is 273 g/mol. The van der Waals surface area contributed by atoms with Crippen molar-refractivity contribution in [2.24, 2.45) is 0 Å². The zero-order chi connectivity index (χ0) is 14.7. The predicted molar refractivity (Wildman–Crippen MR) is 81.5 cm³/mol. The maximum atomic E-state index is 4.63. The molecule has 0 fully saturated rings. The van der Waals surface area contributed by atoms with Crippen molar-refractivity contribution in [2.75, 3.05) is 11.9 Å². The fourth-order valence-corrected chi connectivity index (χ4v) is 2.36. The van der Waals surface area contributed by atoms with Crippen molar-refractivity contribution >= 4 is 5.95 Å². The zero-order valence-electron chi connectivity index (χ0n) is 13.0. The van der Waals surface area contributed by atoms with Gasteiger partial charge in [0.05, 0.1) is 5.69 Å². The summed E-state index contributed by atoms with van der Waals surface area (Å²) in [5.41, 5.74) is 4.56. The standard InChI is InChI=1S/C15H23N5/c1-6-8-16-15-17-9-10(3)14(18-15)20-12(5)13(7-2)11(4)19-20/h9H,6-8H2,1-5H3,(H,16,17,18). The number of aryl methyl sites for hydroxylation is 2. The molecule has 0 spiro atoms. The van der Waals surface area contributed by atoms with E-state index in [9.17, 15) is 0 Å². The van der Waals surface area contributed by atoms with Gasteiger partial charge >= 0.3 is 0 Å². The Hall–Kier alpha value is -1.91. The quantitative estimate of drug-likeness (QED) is 0.910. The number of anilines is 1. The van der Waals surface area contributed by atoms with Crippen LogP contribution in [0.15, 0.2) is 6.20 Å². The van der Waals surface area contributed by atoms with Gasteiger partial charge in [-0.15, -0.1) is 0 Å². The molecule has 20 heavy (non-hydrogen) atoms. The van der Waals surface area contributed by atoms with Crippen molar-refractivity contribution in [3.63, 3.8) is 0 Å². The van der Waals surface area contributed by atoms with Crippen molar-refractivity contribution in [1.29, 1.82) is 0 Å². The van der Waals surface area contributed by atoms with Crippen LogP contribution in [0, 0.1) is 20.8 Å². The van der Waals surface area contributed by atoms with Gasteiger partial charge in [0.25, 0.3) is 0 Å². The van der Waals surface area contributed by atoms with E-state index in [1.807, 2.05) is 17.8 Å². The number of hydrogen-bond donors (Lipinski definition) is 1. The lowest BCUT2D eigenvalue weighted by molar-refractivity contribution is 0.790. The molecule has 0 saturated heterocycles. The van der Waals surface area contributed by atoms with Crippen LogP contribution in [0.5, 0.6) is 0 Å². The van der Waals surface area contributed by atoms with Gasteiger partial charge in [-0.2, -0.15) is 10.1 Å². The number of hydrogen-bond acceptors (Lipinski definition) is 4. The third-order valence-electron chi connectivity index (χ3n) is 3.47. The van der Waals surface area contributed by atoms with Crippen LogP contribution in [0.1, 0.15) is 42.8 Å². The molecule has 0 unspecified atom stereocenters. The highest BCUT2D eigenvalue weighted by Gasteiger charge is 2.14. The van der Waals surface area contributed by atoms with E-state index in [-0.39, 0.29) is 0 Å². The van der Waals surface area contributed by atoms with Gasteiger partial charge in [0.15, 0.2) is 5.82 Å². The lowest BCUT2D eigenvalue weighted by atomic mass is 10.1. The molecular formula is C15H23N5. The van der Waals surface area contributed by atoms with Crippen LogP contribution in [-0.4, -0.2) is 26.3 Å². The molecule has 0 atom stereocenters. The van der Waals surface area contributed by atoms with Gasteiger partial charge in [-0.25, -0.2) is 9.67 Å². The molecule has 0 aliphatic carbocycles. The van der Waals surface area contributed by atoms with E-state index in [4.69, 9.17) is 0 Å². The van der Waals surface area contributed by atoms with Crippen molar-refractivity contribution in [2.45, 2.75) is 47.5 Å². The molecule has 5 nitrogen and oxygen atoms in total. The minimum absolute atomic E-state index is 0.665. The van der Waals surface area contributed by atoms with E-state index in [0.29, 0.717) is 5.95 Å². The highest BCUT2D eigenvalue weighted by Crippen LogP contribution is 2.19. The third-order valence-corrected chi connectivity index (χ3v) is 3.47. The molecule has 0 aromatic carbocycles. The van der Waals surface area contributed by atoms with Crippen LogP contribution in [0.25, 0.3) is 5.82 Å². The summed E-state index contributed by atoms with van der Waals surface area (Å²) >= 11 is 0. The molecule has 0 bridgehead atoms. The lowest BCUT2D eigenvalue weighted by Gasteiger charge is -2.10. The Balaban J connectivity index is 2.46. The van der Waals surface area contributed by atoms with E-state index in [0.717, 1.165) is 42.2 Å². The average Bonchev–Trinajstić information content (AvgIpc) is 2.72. The molecule has 0 amide bonds. The second-order valence-electron chi connectivity index (χ2n) is 5.04. The molecule has 0 aliphatic rings. The summed E-state index contributed by atoms with van der Waals surface area (Å²) < 4.78 is 1.93. The van der Waals surface area contributed by atoms with Crippen molar-refractivity contribution in [1.82, 2.24) is 19.7 Å². The van der Waals surface area contributed by atoms with Crippen molar-refractivity contribution in [3.05, 3.63) is 28.7 Å². The van der Waals surface area contributed by atoms with Gasteiger partial charge in [0.1, 0.15) is 0 Å². The third kappa shape index (κ3) is 2.66. The smallest absolute Gasteiger partial charge is 0.224 e. The fraction of sp³-hybridized carbons (Fsp3) is 0.533. The van der Waals surface area contributed by atoms with E-state index >= 15 is 0 Å². The highest BCUT2D eigenvalue weighted by atomic mass is 15.3. The zero-order valence-corrected chi connectivity index (χ0v) is 13.0. The topological polar surface area (TPSA) is 55.6 Å². The van der Waals surface area contributed by atoms with E-state index in [1.165, 1.54) is 5.56 Å². The molecule has 0 saturated carbocycles. The molecular weight excluding hydrogens is 250 g/mol. The molecule has 2 aromatic heterocycles. The van der Waals surface area contributed by atoms with Crippen LogP contribution in [0.2, 0.25) is 0 Å². The summed E-state index contributed by atoms with van der Waals surface area (Å²) in [4.78, 5) is 8.93. The largest absolute Gasteiger partial charge is 0.354 e. The maximum Gasteiger partial charge on any atom is 0.224 e. The Labute approximate surface area is 120 Å². The van der Waals surface area contributed by atoms with Crippen LogP contribution >= 0.6 is 0 Å². The van der Waals surface area contributed by atoms with Gasteiger partial charge in [-0.05, 0) is 39.2 Å². The van der Waals surface area contributed by atoms with Gasteiger partial charge in [-0.3, -0.25) is 0 Å². The lowest BCUT2D eigenvalue weighted by Crippen LogP contribution is -2.10. The number of aromatic nitrogens is 4. The SMILES string of the molecule is CCCNc1ncc(C)c(-n2nc(C)c(CC)c2C)n1. The van der Waals surface area contributed by atoms with Gasteiger partial charge < -0.3 is 5.32 Å². The summed E-state index contributed by atoms with van der Waals surface area (Å²) in [6.45, 7) is 11.3. The first-order valence-corrected chi connectivity index (χ1v) is 7.21. The Morgan fingerprint density at radius 2 is 1.95 bits per heavy atom. The van der Waals surface area contributed by atoms with Crippen LogP contribution in [0.3, 0.4) is 0 Å². The monoisotopic (exact) mass is 273 g/mol. The normalized spacial score (nSPS) is 10.8. The Morgan fingerprint density at radius 3 is 2.55 bits per heavy atom. The van der Waals surface area contributed by atoms with Crippen LogP contribution in [-0.2, 0) is 6.42 Å². The molecule has 2 aromatic rings. The van der Waals surface area contributed by atoms with Crippen LogP contribution < -0.4 is 5.32 Å². The Morgan fingerprint density at radius 1 is 1.20 bits per heavy atom. The first kappa shape index (κ1) is 14.5. The first-order valence-electron chi connectivity index (χ1n) is 7.21. The first-order chi connectivity index (χ1) is 9.58. The molecule has 5 heteroatoms. The molecule has 2 rings (SSSR count).